The van der Waals surface area contributed by atoms with Crippen LogP contribution in [0, 0.1) is 6.92 Å². The lowest BCUT2D eigenvalue weighted by Crippen LogP contribution is -2.16. The van der Waals surface area contributed by atoms with E-state index in [2.05, 4.69) is 25.9 Å². The van der Waals surface area contributed by atoms with Gasteiger partial charge in [-0.25, -0.2) is 22.4 Å². The zero-order valence-electron chi connectivity index (χ0n) is 11.2. The Balaban J connectivity index is 2.13. The number of benzene rings is 1. The molecule has 5 nitrogen and oxygen atoms in total. The molecule has 0 aliphatic rings. The molecule has 3 aromatic rings. The van der Waals surface area contributed by atoms with Gasteiger partial charge >= 0.3 is 0 Å². The molecule has 0 aliphatic heterocycles. The number of rotatable bonds is 3. The SMILES string of the molecule is Cc1cc2nc(Br)cnc2n1S(=O)(=O)Cc1ccccc1. The smallest absolute Gasteiger partial charge is 0.236 e. The lowest BCUT2D eigenvalue weighted by atomic mass is 10.2. The van der Waals surface area contributed by atoms with Gasteiger partial charge in [0.1, 0.15) is 10.1 Å². The predicted molar refractivity (Wildman–Crippen MR) is 84.4 cm³/mol. The zero-order chi connectivity index (χ0) is 15.0. The minimum atomic E-state index is -3.54. The number of hydrogen-bond acceptors (Lipinski definition) is 4. The lowest BCUT2D eigenvalue weighted by molar-refractivity contribution is 0.587. The molecule has 0 spiro atoms. The van der Waals surface area contributed by atoms with Crippen molar-refractivity contribution in [1.29, 1.82) is 0 Å². The second-order valence-electron chi connectivity index (χ2n) is 4.69. The first-order chi connectivity index (χ1) is 9.97. The molecule has 1 aromatic carbocycles. The van der Waals surface area contributed by atoms with Gasteiger partial charge in [-0.2, -0.15) is 0 Å². The Labute approximate surface area is 130 Å². The van der Waals surface area contributed by atoms with Crippen LogP contribution in [0.1, 0.15) is 11.3 Å². The van der Waals surface area contributed by atoms with Crippen LogP contribution in [-0.2, 0) is 15.8 Å². The summed E-state index contributed by atoms with van der Waals surface area (Å²) in [4.78, 5) is 8.43. The van der Waals surface area contributed by atoms with Crippen molar-refractivity contribution in [2.75, 3.05) is 0 Å². The van der Waals surface area contributed by atoms with Crippen LogP contribution in [0.3, 0.4) is 0 Å². The fourth-order valence-corrected chi connectivity index (χ4v) is 4.18. The van der Waals surface area contributed by atoms with Gasteiger partial charge in [0.2, 0.25) is 10.0 Å². The third-order valence-corrected chi connectivity index (χ3v) is 5.18. The van der Waals surface area contributed by atoms with Gasteiger partial charge in [0, 0.05) is 5.69 Å². The molecule has 0 fully saturated rings. The molecule has 21 heavy (non-hydrogen) atoms. The van der Waals surface area contributed by atoms with Crippen molar-refractivity contribution in [3.8, 4) is 0 Å². The summed E-state index contributed by atoms with van der Waals surface area (Å²) in [5.41, 5.74) is 2.24. The highest BCUT2D eigenvalue weighted by atomic mass is 79.9. The van der Waals surface area contributed by atoms with E-state index in [1.165, 1.54) is 10.2 Å². The van der Waals surface area contributed by atoms with Gasteiger partial charge in [-0.15, -0.1) is 0 Å². The van der Waals surface area contributed by atoms with Gasteiger partial charge in [-0.3, -0.25) is 0 Å². The monoisotopic (exact) mass is 365 g/mol. The molecule has 0 saturated carbocycles. The van der Waals surface area contributed by atoms with E-state index in [4.69, 9.17) is 0 Å². The number of hydrogen-bond donors (Lipinski definition) is 0. The second-order valence-corrected chi connectivity index (χ2v) is 7.32. The number of nitrogens with zero attached hydrogens (tertiary/aromatic N) is 3. The van der Waals surface area contributed by atoms with Crippen molar-refractivity contribution >= 4 is 37.1 Å². The maximum absolute atomic E-state index is 12.7. The van der Waals surface area contributed by atoms with E-state index in [-0.39, 0.29) is 5.75 Å². The number of fused-ring (bicyclic) bond motifs is 1. The molecule has 7 heteroatoms. The highest BCUT2D eigenvalue weighted by molar-refractivity contribution is 9.10. The summed E-state index contributed by atoms with van der Waals surface area (Å²) in [6.07, 6.45) is 1.50. The van der Waals surface area contributed by atoms with Crippen molar-refractivity contribution < 1.29 is 8.42 Å². The molecule has 108 valence electrons. The summed E-state index contributed by atoms with van der Waals surface area (Å²) in [6.45, 7) is 1.74. The van der Waals surface area contributed by atoms with Crippen molar-refractivity contribution in [2.45, 2.75) is 12.7 Å². The standard InChI is InChI=1S/C14H12BrN3O2S/c1-10-7-12-14(16-8-13(15)17-12)18(10)21(19,20)9-11-5-3-2-4-6-11/h2-8H,9H2,1H3. The van der Waals surface area contributed by atoms with E-state index in [0.717, 1.165) is 5.56 Å². The Morgan fingerprint density at radius 2 is 1.95 bits per heavy atom. The molecule has 3 rings (SSSR count). The van der Waals surface area contributed by atoms with Gasteiger partial charge in [0.05, 0.1) is 11.9 Å². The molecule has 0 aliphatic carbocycles. The average molecular weight is 366 g/mol. The molecular weight excluding hydrogens is 354 g/mol. The van der Waals surface area contributed by atoms with Gasteiger partial charge in [-0.1, -0.05) is 30.3 Å². The predicted octanol–water partition coefficient (Wildman–Crippen LogP) is 2.88. The topological polar surface area (TPSA) is 64.8 Å². The molecule has 0 bridgehead atoms. The first-order valence-electron chi connectivity index (χ1n) is 6.25. The van der Waals surface area contributed by atoms with E-state index >= 15 is 0 Å². The number of aryl methyl sites for hydroxylation is 1. The van der Waals surface area contributed by atoms with Gasteiger partial charge in [-0.05, 0) is 34.5 Å². The van der Waals surface area contributed by atoms with Crippen molar-refractivity contribution in [1.82, 2.24) is 13.9 Å². The Morgan fingerprint density at radius 3 is 2.67 bits per heavy atom. The minimum absolute atomic E-state index is 0.0732. The van der Waals surface area contributed by atoms with Gasteiger partial charge in [0.15, 0.2) is 5.65 Å². The van der Waals surface area contributed by atoms with Crippen molar-refractivity contribution in [3.63, 3.8) is 0 Å². The van der Waals surface area contributed by atoms with Crippen molar-refractivity contribution in [3.05, 3.63) is 58.5 Å². The van der Waals surface area contributed by atoms with E-state index in [0.29, 0.717) is 21.5 Å². The number of halogens is 1. The third-order valence-electron chi connectivity index (χ3n) is 3.08. The van der Waals surface area contributed by atoms with Crippen LogP contribution < -0.4 is 0 Å². The molecule has 0 unspecified atom stereocenters. The molecule has 0 radical (unpaired) electrons. The van der Waals surface area contributed by atoms with Crippen molar-refractivity contribution in [2.24, 2.45) is 0 Å². The van der Waals surface area contributed by atoms with Gasteiger partial charge in [0.25, 0.3) is 0 Å². The summed E-state index contributed by atoms with van der Waals surface area (Å²) >= 11 is 3.24. The molecule has 2 aromatic heterocycles. The van der Waals surface area contributed by atoms with Crippen LogP contribution in [0.4, 0.5) is 0 Å². The largest absolute Gasteiger partial charge is 0.244 e. The van der Waals surface area contributed by atoms with Crippen LogP contribution in [-0.4, -0.2) is 22.4 Å². The maximum atomic E-state index is 12.7. The summed E-state index contributed by atoms with van der Waals surface area (Å²) < 4.78 is 27.2. The van der Waals surface area contributed by atoms with Crippen LogP contribution in [0.15, 0.2) is 47.2 Å². The van der Waals surface area contributed by atoms with Gasteiger partial charge < -0.3 is 0 Å². The molecule has 0 saturated heterocycles. The Hall–Kier alpha value is -1.73. The van der Waals surface area contributed by atoms with Crippen LogP contribution >= 0.6 is 15.9 Å². The quantitative estimate of drug-likeness (QED) is 0.715. The zero-order valence-corrected chi connectivity index (χ0v) is 13.6. The van der Waals surface area contributed by atoms with Crippen LogP contribution in [0.2, 0.25) is 0 Å². The van der Waals surface area contributed by atoms with E-state index in [1.54, 1.807) is 25.1 Å². The first kappa shape index (κ1) is 14.2. The normalized spacial score (nSPS) is 11.9. The van der Waals surface area contributed by atoms with E-state index in [1.807, 2.05) is 18.2 Å². The second kappa shape index (κ2) is 5.23. The number of aromatic nitrogens is 3. The Bertz CT molecular complexity index is 905. The minimum Gasteiger partial charge on any atom is -0.236 e. The Kier molecular flexibility index (Phi) is 3.54. The van der Waals surface area contributed by atoms with Crippen LogP contribution in [0.25, 0.3) is 11.2 Å². The van der Waals surface area contributed by atoms with E-state index < -0.39 is 10.0 Å². The highest BCUT2D eigenvalue weighted by Gasteiger charge is 2.21. The van der Waals surface area contributed by atoms with E-state index in [9.17, 15) is 8.42 Å². The lowest BCUT2D eigenvalue weighted by Gasteiger charge is -2.09. The average Bonchev–Trinajstić information content (AvgIpc) is 2.75. The fraction of sp³-hybridized carbons (Fsp3) is 0.143. The summed E-state index contributed by atoms with van der Waals surface area (Å²) in [7, 11) is -3.54. The maximum Gasteiger partial charge on any atom is 0.244 e. The third kappa shape index (κ3) is 2.71. The molecule has 0 amide bonds. The molecule has 0 N–H and O–H groups in total. The summed E-state index contributed by atoms with van der Waals surface area (Å²) in [5, 5.41) is 0. The molecule has 0 atom stereocenters. The molecular formula is C14H12BrN3O2S. The highest BCUT2D eigenvalue weighted by Crippen LogP contribution is 2.21. The summed E-state index contributed by atoms with van der Waals surface area (Å²) in [5.74, 6) is -0.0732. The summed E-state index contributed by atoms with van der Waals surface area (Å²) in [6, 6.07) is 10.8. The van der Waals surface area contributed by atoms with Crippen LogP contribution in [0.5, 0.6) is 0 Å². The Morgan fingerprint density at radius 1 is 1.24 bits per heavy atom. The fourth-order valence-electron chi connectivity index (χ4n) is 2.25. The first-order valence-corrected chi connectivity index (χ1v) is 8.65. The molecule has 2 heterocycles.